The molecule has 0 aromatic heterocycles. The molecule has 4 atom stereocenters. The molecule has 1 aliphatic heterocycles. The van der Waals surface area contributed by atoms with Crippen LogP contribution in [0.5, 0.6) is 0 Å². The minimum atomic E-state index is -0.847. The van der Waals surface area contributed by atoms with Crippen LogP contribution in [0.2, 0.25) is 0 Å². The Morgan fingerprint density at radius 2 is 2.19 bits per heavy atom. The topological polar surface area (TPSA) is 61.8 Å². The number of allylic oxidation sites excluding steroid dienone is 1. The molecule has 1 heterocycles. The lowest BCUT2D eigenvalue weighted by atomic mass is 9.81. The first-order valence-corrected chi connectivity index (χ1v) is 5.14. The summed E-state index contributed by atoms with van der Waals surface area (Å²) in [6.07, 6.45) is 3.40. The Bertz CT molecular complexity index is 335. The maximum atomic E-state index is 11.6. The minimum Gasteiger partial charge on any atom is -0.468 e. The van der Waals surface area contributed by atoms with Gasteiger partial charge >= 0.3 is 11.9 Å². The zero-order valence-electron chi connectivity index (χ0n) is 9.21. The van der Waals surface area contributed by atoms with Gasteiger partial charge in [0.1, 0.15) is 6.10 Å². The van der Waals surface area contributed by atoms with E-state index in [1.807, 2.05) is 12.2 Å². The molecule has 88 valence electrons. The second-order valence-corrected chi connectivity index (χ2v) is 3.98. The predicted octanol–water partition coefficient (Wildman–Crippen LogP) is 0.150. The summed E-state index contributed by atoms with van der Waals surface area (Å²) < 4.78 is 14.9. The van der Waals surface area contributed by atoms with Gasteiger partial charge in [-0.3, -0.25) is 9.59 Å². The van der Waals surface area contributed by atoms with Crippen LogP contribution in [0.15, 0.2) is 12.2 Å². The second-order valence-electron chi connectivity index (χ2n) is 3.98. The zero-order valence-corrected chi connectivity index (χ0v) is 9.21. The van der Waals surface area contributed by atoms with E-state index in [4.69, 9.17) is 9.47 Å². The largest absolute Gasteiger partial charge is 0.468 e. The molecule has 0 radical (unpaired) electrons. The molecule has 1 aliphatic carbocycles. The first-order chi connectivity index (χ1) is 7.69. The second kappa shape index (κ2) is 4.25. The third-order valence-corrected chi connectivity index (χ3v) is 3.14. The molecule has 0 spiro atoms. The quantitative estimate of drug-likeness (QED) is 0.389. The lowest BCUT2D eigenvalue weighted by molar-refractivity contribution is -0.175. The van der Waals surface area contributed by atoms with Crippen molar-refractivity contribution in [2.75, 3.05) is 20.8 Å². The monoisotopic (exact) mass is 226 g/mol. The van der Waals surface area contributed by atoms with E-state index in [0.717, 1.165) is 0 Å². The number of fused-ring (bicyclic) bond motifs is 2. The van der Waals surface area contributed by atoms with E-state index in [2.05, 4.69) is 4.74 Å². The molecule has 2 rings (SSSR count). The Morgan fingerprint density at radius 3 is 2.81 bits per heavy atom. The molecular weight excluding hydrogens is 212 g/mol. The van der Waals surface area contributed by atoms with Crippen LogP contribution in [0.4, 0.5) is 0 Å². The van der Waals surface area contributed by atoms with Crippen LogP contribution >= 0.6 is 0 Å². The van der Waals surface area contributed by atoms with Crippen molar-refractivity contribution in [2.45, 2.75) is 6.10 Å². The van der Waals surface area contributed by atoms with Gasteiger partial charge in [-0.05, 0) is 6.08 Å². The van der Waals surface area contributed by atoms with Crippen LogP contribution in [0, 0.1) is 17.8 Å². The van der Waals surface area contributed by atoms with Crippen molar-refractivity contribution in [2.24, 2.45) is 17.8 Å². The standard InChI is InChI=1S/C11H14O5/c1-14-5-7-6-3-4-8(7)16-11(13)9(6)10(12)15-2/h3-4,6-9H,5H2,1-2H3/t6-,7+,8+,9-/m0/s1. The fourth-order valence-electron chi connectivity index (χ4n) is 2.37. The first-order valence-electron chi connectivity index (χ1n) is 5.14. The van der Waals surface area contributed by atoms with Gasteiger partial charge in [0.05, 0.1) is 13.7 Å². The summed E-state index contributed by atoms with van der Waals surface area (Å²) in [6.45, 7) is 0.461. The maximum Gasteiger partial charge on any atom is 0.321 e. The molecule has 1 saturated heterocycles. The normalized spacial score (nSPS) is 36.0. The van der Waals surface area contributed by atoms with Crippen molar-refractivity contribution in [3.63, 3.8) is 0 Å². The first kappa shape index (κ1) is 11.1. The van der Waals surface area contributed by atoms with Gasteiger partial charge in [-0.1, -0.05) is 6.08 Å². The molecule has 0 amide bonds. The van der Waals surface area contributed by atoms with Crippen LogP contribution in [-0.2, 0) is 23.8 Å². The number of methoxy groups -OCH3 is 2. The molecule has 2 bridgehead atoms. The maximum absolute atomic E-state index is 11.6. The summed E-state index contributed by atoms with van der Waals surface area (Å²) in [5.41, 5.74) is 0. The highest BCUT2D eigenvalue weighted by atomic mass is 16.6. The number of carbonyl (C=O) groups excluding carboxylic acids is 2. The van der Waals surface area contributed by atoms with Gasteiger partial charge in [0.2, 0.25) is 0 Å². The van der Waals surface area contributed by atoms with Gasteiger partial charge in [0.25, 0.3) is 0 Å². The van der Waals surface area contributed by atoms with Crippen LogP contribution in [0.3, 0.4) is 0 Å². The third-order valence-electron chi connectivity index (χ3n) is 3.14. The molecule has 1 fully saturated rings. The molecule has 5 nitrogen and oxygen atoms in total. The van der Waals surface area contributed by atoms with Gasteiger partial charge < -0.3 is 14.2 Å². The fourth-order valence-corrected chi connectivity index (χ4v) is 2.37. The number of ether oxygens (including phenoxy) is 3. The lowest BCUT2D eigenvalue weighted by Crippen LogP contribution is -2.46. The molecule has 0 unspecified atom stereocenters. The Hall–Kier alpha value is -1.36. The van der Waals surface area contributed by atoms with E-state index in [-0.39, 0.29) is 17.9 Å². The summed E-state index contributed by atoms with van der Waals surface area (Å²) in [5.74, 6) is -2.04. The van der Waals surface area contributed by atoms with Gasteiger partial charge in [-0.2, -0.15) is 0 Å². The smallest absolute Gasteiger partial charge is 0.321 e. The van der Waals surface area contributed by atoms with Crippen LogP contribution in [-0.4, -0.2) is 38.9 Å². The van der Waals surface area contributed by atoms with Crippen molar-refractivity contribution in [1.29, 1.82) is 0 Å². The number of rotatable bonds is 3. The zero-order chi connectivity index (χ0) is 11.7. The average Bonchev–Trinajstić information content (AvgIpc) is 2.55. The molecule has 0 saturated carbocycles. The Balaban J connectivity index is 2.21. The van der Waals surface area contributed by atoms with Gasteiger partial charge in [-0.15, -0.1) is 0 Å². The van der Waals surface area contributed by atoms with E-state index < -0.39 is 17.9 Å². The highest BCUT2D eigenvalue weighted by molar-refractivity contribution is 5.96. The molecule has 16 heavy (non-hydrogen) atoms. The Labute approximate surface area is 93.4 Å². The third kappa shape index (κ3) is 1.61. The SMILES string of the molecule is COC[C@@H]1[C@@H]2C=C[C@H]1OC(=O)[C@@H]2C(=O)OC. The minimum absolute atomic E-state index is 0.0202. The lowest BCUT2D eigenvalue weighted by Gasteiger charge is -2.33. The van der Waals surface area contributed by atoms with E-state index in [0.29, 0.717) is 6.61 Å². The van der Waals surface area contributed by atoms with Crippen molar-refractivity contribution < 1.29 is 23.8 Å². The number of hydrogen-bond donors (Lipinski definition) is 0. The average molecular weight is 226 g/mol. The number of esters is 2. The molecule has 2 aliphatic rings. The van der Waals surface area contributed by atoms with E-state index >= 15 is 0 Å². The van der Waals surface area contributed by atoms with E-state index in [9.17, 15) is 9.59 Å². The molecule has 5 heteroatoms. The summed E-state index contributed by atoms with van der Waals surface area (Å²) in [5, 5.41) is 0. The van der Waals surface area contributed by atoms with Crippen LogP contribution in [0.25, 0.3) is 0 Å². The van der Waals surface area contributed by atoms with Crippen LogP contribution in [0.1, 0.15) is 0 Å². The molecule has 0 N–H and O–H groups in total. The van der Waals surface area contributed by atoms with E-state index in [1.165, 1.54) is 7.11 Å². The van der Waals surface area contributed by atoms with Crippen LogP contribution < -0.4 is 0 Å². The molecule has 0 aromatic rings. The van der Waals surface area contributed by atoms with Gasteiger partial charge in [0.15, 0.2) is 5.92 Å². The van der Waals surface area contributed by atoms with Gasteiger partial charge in [-0.25, -0.2) is 0 Å². The highest BCUT2D eigenvalue weighted by Gasteiger charge is 2.50. The molecule has 0 aromatic carbocycles. The number of hydrogen-bond acceptors (Lipinski definition) is 5. The summed E-state index contributed by atoms with van der Waals surface area (Å²) >= 11 is 0. The van der Waals surface area contributed by atoms with Crippen molar-refractivity contribution in [3.05, 3.63) is 12.2 Å². The summed E-state index contributed by atoms with van der Waals surface area (Å²) in [6, 6.07) is 0. The van der Waals surface area contributed by atoms with E-state index in [1.54, 1.807) is 7.11 Å². The molecular formula is C11H14O5. The summed E-state index contributed by atoms with van der Waals surface area (Å²) in [4.78, 5) is 23.1. The van der Waals surface area contributed by atoms with Crippen molar-refractivity contribution in [3.8, 4) is 0 Å². The van der Waals surface area contributed by atoms with Crippen molar-refractivity contribution in [1.82, 2.24) is 0 Å². The highest BCUT2D eigenvalue weighted by Crippen LogP contribution is 2.39. The van der Waals surface area contributed by atoms with Crippen molar-refractivity contribution >= 4 is 11.9 Å². The fraction of sp³-hybridized carbons (Fsp3) is 0.636. The summed E-state index contributed by atoms with van der Waals surface area (Å²) in [7, 11) is 2.86. The Kier molecular flexibility index (Phi) is 2.96. The number of carbonyl (C=O) groups is 2. The Morgan fingerprint density at radius 1 is 1.44 bits per heavy atom. The van der Waals surface area contributed by atoms with Gasteiger partial charge in [0, 0.05) is 18.9 Å². The predicted molar refractivity (Wildman–Crippen MR) is 53.4 cm³/mol.